The number of piperidine rings is 1. The second kappa shape index (κ2) is 7.21. The van der Waals surface area contributed by atoms with E-state index in [-0.39, 0.29) is 11.3 Å². The minimum Gasteiger partial charge on any atom is -0.497 e. The van der Waals surface area contributed by atoms with Crippen LogP contribution in [-0.4, -0.2) is 36.0 Å². The van der Waals surface area contributed by atoms with Crippen molar-refractivity contribution in [2.75, 3.05) is 20.2 Å². The predicted octanol–water partition coefficient (Wildman–Crippen LogP) is 4.90. The van der Waals surface area contributed by atoms with Crippen molar-refractivity contribution in [3.63, 3.8) is 0 Å². The van der Waals surface area contributed by atoms with Crippen molar-refractivity contribution in [2.45, 2.75) is 24.7 Å². The molecule has 1 aliphatic carbocycles. The standard InChI is InChI=1S/C25H25ClN2O2/c1-3-23(29)28-11-10-25(16-6-4-7-18(12-16)30-2)14-22-19(13-17(25)15-28)24-20(26)8-5-9-21(24)27-22/h3-9,12,17,27H,1,10-11,13-15H2,2H3. The number of hydrogen-bond donors (Lipinski definition) is 1. The van der Waals surface area contributed by atoms with Crippen LogP contribution < -0.4 is 4.74 Å². The third-order valence-electron chi connectivity index (χ3n) is 7.09. The van der Waals surface area contributed by atoms with Gasteiger partial charge in [0, 0.05) is 35.1 Å². The summed E-state index contributed by atoms with van der Waals surface area (Å²) in [5.41, 5.74) is 4.89. The Morgan fingerprint density at radius 2 is 2.17 bits per heavy atom. The number of nitrogens with one attached hydrogen (secondary N) is 1. The molecule has 2 heterocycles. The lowest BCUT2D eigenvalue weighted by Crippen LogP contribution is -2.54. The fourth-order valence-corrected chi connectivity index (χ4v) is 5.86. The largest absolute Gasteiger partial charge is 0.497 e. The highest BCUT2D eigenvalue weighted by Crippen LogP contribution is 2.50. The minimum absolute atomic E-state index is 0.0111. The maximum absolute atomic E-state index is 12.4. The number of fused-ring (bicyclic) bond motifs is 4. The first kappa shape index (κ1) is 19.3. The van der Waals surface area contributed by atoms with Crippen LogP contribution in [0.5, 0.6) is 5.75 Å². The van der Waals surface area contributed by atoms with E-state index in [1.807, 2.05) is 23.1 Å². The second-order valence-electron chi connectivity index (χ2n) is 8.45. The third-order valence-corrected chi connectivity index (χ3v) is 7.40. The number of nitrogens with zero attached hydrogens (tertiary/aromatic N) is 1. The first-order valence-corrected chi connectivity index (χ1v) is 10.8. The van der Waals surface area contributed by atoms with Crippen molar-refractivity contribution in [3.05, 3.63) is 77.0 Å². The van der Waals surface area contributed by atoms with Gasteiger partial charge in [-0.3, -0.25) is 4.79 Å². The third kappa shape index (κ3) is 2.85. The zero-order valence-electron chi connectivity index (χ0n) is 17.1. The lowest BCUT2D eigenvalue weighted by atomic mass is 9.58. The number of methoxy groups -OCH3 is 1. The van der Waals surface area contributed by atoms with Crippen molar-refractivity contribution >= 4 is 28.4 Å². The normalized spacial score (nSPS) is 23.0. The van der Waals surface area contributed by atoms with Crippen LogP contribution in [0.3, 0.4) is 0 Å². The van der Waals surface area contributed by atoms with Crippen LogP contribution in [0.2, 0.25) is 5.02 Å². The van der Waals surface area contributed by atoms with Crippen LogP contribution in [0.1, 0.15) is 23.2 Å². The Balaban J connectivity index is 1.65. The fraction of sp³-hybridized carbons (Fsp3) is 0.320. The molecule has 2 unspecified atom stereocenters. The SMILES string of the molecule is C=CC(=O)N1CCC2(c3cccc(OC)c3)Cc3[nH]c4cccc(Cl)c4c3CC2C1. The topological polar surface area (TPSA) is 45.3 Å². The van der Waals surface area contributed by atoms with Gasteiger partial charge in [-0.2, -0.15) is 0 Å². The van der Waals surface area contributed by atoms with E-state index in [1.165, 1.54) is 22.9 Å². The van der Waals surface area contributed by atoms with Crippen molar-refractivity contribution in [2.24, 2.45) is 5.92 Å². The molecule has 2 aromatic carbocycles. The monoisotopic (exact) mass is 420 g/mol. The highest BCUT2D eigenvalue weighted by molar-refractivity contribution is 6.35. The molecule has 3 aromatic rings. The van der Waals surface area contributed by atoms with Gasteiger partial charge in [0.25, 0.3) is 0 Å². The van der Waals surface area contributed by atoms with Gasteiger partial charge < -0.3 is 14.6 Å². The molecule has 0 spiro atoms. The maximum atomic E-state index is 12.4. The van der Waals surface area contributed by atoms with Gasteiger partial charge in [-0.1, -0.05) is 36.4 Å². The summed E-state index contributed by atoms with van der Waals surface area (Å²) in [5, 5.41) is 1.91. The van der Waals surface area contributed by atoms with Crippen molar-refractivity contribution < 1.29 is 9.53 Å². The average Bonchev–Trinajstić information content (AvgIpc) is 3.14. The lowest BCUT2D eigenvalue weighted by molar-refractivity contribution is -0.129. The Morgan fingerprint density at radius 1 is 1.33 bits per heavy atom. The number of amides is 1. The molecule has 1 N–H and O–H groups in total. The average molecular weight is 421 g/mol. The first-order valence-electron chi connectivity index (χ1n) is 10.4. The molecule has 2 aliphatic rings. The smallest absolute Gasteiger partial charge is 0.245 e. The van der Waals surface area contributed by atoms with Crippen molar-refractivity contribution in [1.29, 1.82) is 0 Å². The van der Waals surface area contributed by atoms with Gasteiger partial charge in [0.2, 0.25) is 5.91 Å². The quantitative estimate of drug-likeness (QED) is 0.612. The van der Waals surface area contributed by atoms with Crippen LogP contribution in [0.4, 0.5) is 0 Å². The molecule has 154 valence electrons. The van der Waals surface area contributed by atoms with Gasteiger partial charge in [0.15, 0.2) is 0 Å². The maximum Gasteiger partial charge on any atom is 0.245 e. The molecule has 0 bridgehead atoms. The van der Waals surface area contributed by atoms with Crippen LogP contribution in [0.15, 0.2) is 55.1 Å². The van der Waals surface area contributed by atoms with Crippen LogP contribution in [0, 0.1) is 5.92 Å². The number of carbonyl (C=O) groups is 1. The number of likely N-dealkylation sites (tertiary alicyclic amines) is 1. The summed E-state index contributed by atoms with van der Waals surface area (Å²) in [5.74, 6) is 1.18. The predicted molar refractivity (Wildman–Crippen MR) is 120 cm³/mol. The Hall–Kier alpha value is -2.72. The van der Waals surface area contributed by atoms with E-state index in [9.17, 15) is 4.79 Å². The van der Waals surface area contributed by atoms with E-state index < -0.39 is 0 Å². The molecule has 1 aromatic heterocycles. The molecule has 1 amide bonds. The van der Waals surface area contributed by atoms with Gasteiger partial charge in [0.1, 0.15) is 5.75 Å². The molecule has 1 aliphatic heterocycles. The number of benzene rings is 2. The molecule has 0 saturated carbocycles. The lowest BCUT2D eigenvalue weighted by Gasteiger charge is -2.51. The zero-order chi connectivity index (χ0) is 20.9. The number of aromatic nitrogens is 1. The van der Waals surface area contributed by atoms with Crippen LogP contribution in [0.25, 0.3) is 10.9 Å². The number of halogens is 1. The number of carbonyl (C=O) groups excluding carboxylic acids is 1. The summed E-state index contributed by atoms with van der Waals surface area (Å²) in [6.45, 7) is 5.14. The Labute approximate surface area is 181 Å². The first-order chi connectivity index (χ1) is 14.6. The molecule has 2 atom stereocenters. The minimum atomic E-state index is -0.0488. The molecule has 4 nitrogen and oxygen atoms in total. The number of ether oxygens (including phenoxy) is 1. The summed E-state index contributed by atoms with van der Waals surface area (Å²) in [7, 11) is 1.71. The van der Waals surface area contributed by atoms with Crippen LogP contribution >= 0.6 is 11.6 Å². The summed E-state index contributed by atoms with van der Waals surface area (Å²) in [4.78, 5) is 18.0. The van der Waals surface area contributed by atoms with Gasteiger partial charge in [0.05, 0.1) is 12.1 Å². The number of aromatic amines is 1. The van der Waals surface area contributed by atoms with E-state index in [0.29, 0.717) is 5.92 Å². The van der Waals surface area contributed by atoms with Crippen LogP contribution in [-0.2, 0) is 23.1 Å². The molecule has 1 fully saturated rings. The molecule has 30 heavy (non-hydrogen) atoms. The number of rotatable bonds is 3. The Kier molecular flexibility index (Phi) is 4.62. The molecular formula is C25H25ClN2O2. The Bertz CT molecular complexity index is 1150. The summed E-state index contributed by atoms with van der Waals surface area (Å²) < 4.78 is 5.53. The van der Waals surface area contributed by atoms with E-state index in [2.05, 4.69) is 35.8 Å². The highest BCUT2D eigenvalue weighted by atomic mass is 35.5. The van der Waals surface area contributed by atoms with E-state index >= 15 is 0 Å². The van der Waals surface area contributed by atoms with Crippen molar-refractivity contribution in [1.82, 2.24) is 9.88 Å². The number of hydrogen-bond acceptors (Lipinski definition) is 2. The van der Waals surface area contributed by atoms with Gasteiger partial charge in [-0.05, 0) is 66.6 Å². The van der Waals surface area contributed by atoms with Gasteiger partial charge in [-0.25, -0.2) is 0 Å². The molecule has 5 heteroatoms. The number of H-pyrrole nitrogens is 1. The molecular weight excluding hydrogens is 396 g/mol. The summed E-state index contributed by atoms with van der Waals surface area (Å²) in [6, 6.07) is 14.5. The van der Waals surface area contributed by atoms with Gasteiger partial charge >= 0.3 is 0 Å². The summed E-state index contributed by atoms with van der Waals surface area (Å²) >= 11 is 6.59. The highest BCUT2D eigenvalue weighted by Gasteiger charge is 2.48. The summed E-state index contributed by atoms with van der Waals surface area (Å²) in [6.07, 6.45) is 4.13. The van der Waals surface area contributed by atoms with Crippen molar-refractivity contribution in [3.8, 4) is 5.75 Å². The van der Waals surface area contributed by atoms with E-state index in [4.69, 9.17) is 16.3 Å². The molecule has 1 saturated heterocycles. The Morgan fingerprint density at radius 3 is 2.97 bits per heavy atom. The zero-order valence-corrected chi connectivity index (χ0v) is 17.8. The molecule has 0 radical (unpaired) electrons. The molecule has 5 rings (SSSR count). The van der Waals surface area contributed by atoms with E-state index in [1.54, 1.807) is 7.11 Å². The van der Waals surface area contributed by atoms with Gasteiger partial charge in [-0.15, -0.1) is 0 Å². The van der Waals surface area contributed by atoms with E-state index in [0.717, 1.165) is 54.0 Å². The second-order valence-corrected chi connectivity index (χ2v) is 8.86. The fourth-order valence-electron chi connectivity index (χ4n) is 5.57.